The fraction of sp³-hybridized carbons (Fsp3) is 1.00. The molecule has 0 aliphatic rings. The summed E-state index contributed by atoms with van der Waals surface area (Å²) in [4.78, 5) is 5.03. The highest BCUT2D eigenvalue weighted by Gasteiger charge is 2.36. The van der Waals surface area contributed by atoms with Crippen LogP contribution in [0.4, 0.5) is 0 Å². The van der Waals surface area contributed by atoms with Gasteiger partial charge in [-0.3, -0.25) is 0 Å². The Morgan fingerprint density at radius 3 is 2.22 bits per heavy atom. The molecule has 18 heavy (non-hydrogen) atoms. The Kier molecular flexibility index (Phi) is 12.0. The molecule has 0 aromatic rings. The third-order valence-electron chi connectivity index (χ3n) is 2.50. The van der Waals surface area contributed by atoms with Crippen molar-refractivity contribution in [2.45, 2.75) is 12.5 Å². The minimum absolute atomic E-state index is 0.526. The van der Waals surface area contributed by atoms with Crippen molar-refractivity contribution < 1.29 is 18.1 Å². The lowest BCUT2D eigenvalue weighted by Crippen LogP contribution is -2.43. The minimum atomic E-state index is -2.40. The van der Waals surface area contributed by atoms with Crippen molar-refractivity contribution in [3.63, 3.8) is 0 Å². The molecular weight excluding hydrogens is 254 g/mol. The summed E-state index contributed by atoms with van der Waals surface area (Å²) in [6, 6.07) is 0.806. The summed E-state index contributed by atoms with van der Waals surface area (Å²) in [5.41, 5.74) is 8.10. The van der Waals surface area contributed by atoms with E-state index < -0.39 is 8.80 Å². The molecule has 0 atom stereocenters. The second-order valence-electron chi connectivity index (χ2n) is 3.68. The molecule has 8 heteroatoms. The Balaban J connectivity index is 3.38. The van der Waals surface area contributed by atoms with Gasteiger partial charge in [-0.1, -0.05) is 0 Å². The second-order valence-corrected chi connectivity index (χ2v) is 6.77. The van der Waals surface area contributed by atoms with E-state index in [-0.39, 0.29) is 0 Å². The second kappa shape index (κ2) is 12.0. The van der Waals surface area contributed by atoms with Crippen molar-refractivity contribution in [1.29, 1.82) is 0 Å². The Labute approximate surface area is 111 Å². The molecule has 4 N–H and O–H groups in total. The first kappa shape index (κ1) is 17.9. The van der Waals surface area contributed by atoms with Crippen LogP contribution in [-0.4, -0.2) is 62.9 Å². The number of nitrogens with two attached hydrogens (primary N) is 1. The average molecular weight is 281 g/mol. The molecule has 0 radical (unpaired) electrons. The molecule has 0 spiro atoms. The Bertz CT molecular complexity index is 176. The molecule has 0 bridgehead atoms. The van der Waals surface area contributed by atoms with Gasteiger partial charge in [0.25, 0.3) is 0 Å². The van der Waals surface area contributed by atoms with Crippen molar-refractivity contribution in [3.8, 4) is 0 Å². The van der Waals surface area contributed by atoms with Crippen LogP contribution in [-0.2, 0) is 18.1 Å². The topological polar surface area (TPSA) is 87.0 Å². The fourth-order valence-electron chi connectivity index (χ4n) is 1.45. The van der Waals surface area contributed by atoms with Gasteiger partial charge in [0.05, 0.1) is 6.61 Å². The first-order valence-corrected chi connectivity index (χ1v) is 8.08. The van der Waals surface area contributed by atoms with Crippen molar-refractivity contribution in [2.75, 3.05) is 54.1 Å². The first-order chi connectivity index (χ1) is 8.74. The van der Waals surface area contributed by atoms with Gasteiger partial charge in [-0.05, 0) is 13.0 Å². The van der Waals surface area contributed by atoms with E-state index in [1.165, 1.54) is 0 Å². The Morgan fingerprint density at radius 1 is 1.00 bits per heavy atom. The Hall–Kier alpha value is -0.0631. The standard InChI is InChI=1S/C10H27N3O4Si/c1-14-18(15-2,16-3)10-4-6-12-7-8-13-17-9-5-11/h12-13H,4-11H2,1-3H3. The van der Waals surface area contributed by atoms with Gasteiger partial charge in [-0.25, -0.2) is 5.48 Å². The molecule has 0 unspecified atom stereocenters. The number of rotatable bonds is 13. The summed E-state index contributed by atoms with van der Waals surface area (Å²) < 4.78 is 16.0. The zero-order valence-electron chi connectivity index (χ0n) is 11.7. The molecule has 0 fully saturated rings. The summed E-state index contributed by atoms with van der Waals surface area (Å²) in [7, 11) is 2.49. The van der Waals surface area contributed by atoms with Gasteiger partial charge in [0.2, 0.25) is 0 Å². The highest BCUT2D eigenvalue weighted by Crippen LogP contribution is 2.14. The third-order valence-corrected chi connectivity index (χ3v) is 5.33. The predicted molar refractivity (Wildman–Crippen MR) is 72.1 cm³/mol. The van der Waals surface area contributed by atoms with E-state index in [9.17, 15) is 0 Å². The van der Waals surface area contributed by atoms with E-state index in [1.807, 2.05) is 0 Å². The maximum atomic E-state index is 5.33. The van der Waals surface area contributed by atoms with E-state index in [1.54, 1.807) is 21.3 Å². The summed E-state index contributed by atoms with van der Waals surface area (Å²) in [6.45, 7) is 3.54. The first-order valence-electron chi connectivity index (χ1n) is 6.15. The van der Waals surface area contributed by atoms with Crippen LogP contribution in [0.1, 0.15) is 6.42 Å². The summed E-state index contributed by atoms with van der Waals surface area (Å²) in [5.74, 6) is 0. The van der Waals surface area contributed by atoms with E-state index >= 15 is 0 Å². The van der Waals surface area contributed by atoms with Crippen molar-refractivity contribution in [1.82, 2.24) is 10.8 Å². The van der Waals surface area contributed by atoms with E-state index in [2.05, 4.69) is 10.8 Å². The number of nitrogens with one attached hydrogen (secondary N) is 2. The van der Waals surface area contributed by atoms with Crippen LogP contribution in [0.2, 0.25) is 6.04 Å². The molecule has 0 rings (SSSR count). The van der Waals surface area contributed by atoms with Gasteiger partial charge in [-0.2, -0.15) is 0 Å². The number of hydrogen-bond acceptors (Lipinski definition) is 7. The zero-order valence-corrected chi connectivity index (χ0v) is 12.7. The number of hydrogen-bond donors (Lipinski definition) is 3. The van der Waals surface area contributed by atoms with Gasteiger partial charge in [0.15, 0.2) is 0 Å². The van der Waals surface area contributed by atoms with E-state index in [0.29, 0.717) is 13.2 Å². The van der Waals surface area contributed by atoms with Crippen LogP contribution in [0.25, 0.3) is 0 Å². The molecule has 0 aliphatic carbocycles. The van der Waals surface area contributed by atoms with Crippen molar-refractivity contribution in [2.24, 2.45) is 5.73 Å². The molecule has 0 heterocycles. The monoisotopic (exact) mass is 281 g/mol. The van der Waals surface area contributed by atoms with Gasteiger partial charge in [0.1, 0.15) is 0 Å². The average Bonchev–Trinajstić information content (AvgIpc) is 2.42. The summed E-state index contributed by atoms with van der Waals surface area (Å²) in [6.07, 6.45) is 0.950. The maximum absolute atomic E-state index is 5.33. The van der Waals surface area contributed by atoms with Crippen molar-refractivity contribution >= 4 is 8.80 Å². The van der Waals surface area contributed by atoms with Crippen molar-refractivity contribution in [3.05, 3.63) is 0 Å². The molecule has 110 valence electrons. The van der Waals surface area contributed by atoms with Gasteiger partial charge >= 0.3 is 8.80 Å². The van der Waals surface area contributed by atoms with E-state index in [0.717, 1.165) is 32.1 Å². The molecular formula is C10H27N3O4Si. The molecule has 0 aromatic heterocycles. The third kappa shape index (κ3) is 8.11. The number of hydroxylamine groups is 1. The lowest BCUT2D eigenvalue weighted by Gasteiger charge is -2.24. The summed E-state index contributed by atoms with van der Waals surface area (Å²) in [5, 5.41) is 3.29. The highest BCUT2D eigenvalue weighted by atomic mass is 28.4. The normalized spacial score (nSPS) is 12.0. The largest absolute Gasteiger partial charge is 0.500 e. The lowest BCUT2D eigenvalue weighted by atomic mass is 10.5. The predicted octanol–water partition coefficient (Wildman–Crippen LogP) is -0.676. The van der Waals surface area contributed by atoms with Gasteiger partial charge in [0, 0.05) is 47.0 Å². The van der Waals surface area contributed by atoms with Crippen LogP contribution in [0.3, 0.4) is 0 Å². The van der Waals surface area contributed by atoms with Crippen LogP contribution in [0, 0.1) is 0 Å². The van der Waals surface area contributed by atoms with Gasteiger partial charge in [-0.15, -0.1) is 0 Å². The van der Waals surface area contributed by atoms with Crippen LogP contribution in [0.15, 0.2) is 0 Å². The quantitative estimate of drug-likeness (QED) is 0.234. The molecule has 0 saturated heterocycles. The molecule has 0 saturated carbocycles. The molecule has 0 aliphatic heterocycles. The highest BCUT2D eigenvalue weighted by molar-refractivity contribution is 6.60. The van der Waals surface area contributed by atoms with Crippen LogP contribution >= 0.6 is 0 Å². The summed E-state index contributed by atoms with van der Waals surface area (Å²) >= 11 is 0. The fourth-order valence-corrected chi connectivity index (χ4v) is 3.18. The lowest BCUT2D eigenvalue weighted by molar-refractivity contribution is 0.0476. The molecule has 7 nitrogen and oxygen atoms in total. The maximum Gasteiger partial charge on any atom is 0.500 e. The Morgan fingerprint density at radius 2 is 1.67 bits per heavy atom. The minimum Gasteiger partial charge on any atom is -0.377 e. The van der Waals surface area contributed by atoms with Crippen LogP contribution in [0.5, 0.6) is 0 Å². The van der Waals surface area contributed by atoms with Crippen LogP contribution < -0.4 is 16.5 Å². The van der Waals surface area contributed by atoms with Gasteiger partial charge < -0.3 is 29.2 Å². The molecule has 0 aromatic carbocycles. The molecule has 0 amide bonds. The van der Waals surface area contributed by atoms with E-state index in [4.69, 9.17) is 23.8 Å². The zero-order chi connectivity index (χ0) is 13.7. The SMILES string of the molecule is CO[Si](CCCNCCNOCCN)(OC)OC. The smallest absolute Gasteiger partial charge is 0.377 e.